The zero-order valence-corrected chi connectivity index (χ0v) is 16.9. The lowest BCUT2D eigenvalue weighted by Gasteiger charge is -2.43. The number of methoxy groups -OCH3 is 1. The first-order chi connectivity index (χ1) is 10.3. The van der Waals surface area contributed by atoms with Crippen molar-refractivity contribution in [2.24, 2.45) is 23.2 Å². The lowest BCUT2D eigenvalue weighted by molar-refractivity contribution is -0.149. The van der Waals surface area contributed by atoms with E-state index in [2.05, 4.69) is 47.7 Å². The minimum atomic E-state index is -1.93. The van der Waals surface area contributed by atoms with E-state index in [1.54, 1.807) is 0 Å². The van der Waals surface area contributed by atoms with E-state index in [1.807, 2.05) is 0 Å². The Kier molecular flexibility index (Phi) is 4.62. The van der Waals surface area contributed by atoms with E-state index < -0.39 is 14.2 Å². The fourth-order valence-corrected chi connectivity index (χ4v) is 5.56. The zero-order chi connectivity index (χ0) is 17.8. The second-order valence-electron chi connectivity index (χ2n) is 9.49. The summed E-state index contributed by atoms with van der Waals surface area (Å²) < 4.78 is 11.6. The second kappa shape index (κ2) is 5.69. The van der Waals surface area contributed by atoms with Crippen LogP contribution in [0.1, 0.15) is 47.5 Å². The largest absolute Gasteiger partial charge is 0.468 e. The number of ether oxygens (including phenoxy) is 1. The van der Waals surface area contributed by atoms with Gasteiger partial charge in [-0.3, -0.25) is 9.59 Å². The summed E-state index contributed by atoms with van der Waals surface area (Å²) in [5, 5.41) is 0.130. The van der Waals surface area contributed by atoms with Gasteiger partial charge in [-0.1, -0.05) is 34.6 Å². The van der Waals surface area contributed by atoms with E-state index in [1.165, 1.54) is 7.11 Å². The van der Waals surface area contributed by atoms with Crippen LogP contribution in [0.4, 0.5) is 0 Å². The third-order valence-electron chi connectivity index (χ3n) is 6.37. The van der Waals surface area contributed by atoms with E-state index in [0.717, 1.165) is 6.42 Å². The Morgan fingerprint density at radius 2 is 1.78 bits per heavy atom. The van der Waals surface area contributed by atoms with Gasteiger partial charge in [0.15, 0.2) is 8.32 Å². The SMILES string of the molecule is COC(=O)C1C(=O)C[C@@H]2[C@H]1CC(C)(C)[C@H]2O[Si](C)(C)C(C)(C)C. The van der Waals surface area contributed by atoms with Crippen LogP contribution in [0.2, 0.25) is 18.1 Å². The van der Waals surface area contributed by atoms with Gasteiger partial charge in [-0.05, 0) is 41.8 Å². The Morgan fingerprint density at radius 1 is 1.22 bits per heavy atom. The lowest BCUT2D eigenvalue weighted by Crippen LogP contribution is -2.48. The Bertz CT molecular complexity index is 504. The zero-order valence-electron chi connectivity index (χ0n) is 15.9. The molecule has 4 atom stereocenters. The van der Waals surface area contributed by atoms with Gasteiger partial charge < -0.3 is 9.16 Å². The molecule has 0 amide bonds. The van der Waals surface area contributed by atoms with E-state index in [0.29, 0.717) is 6.42 Å². The highest BCUT2D eigenvalue weighted by Gasteiger charge is 2.60. The normalized spacial score (nSPS) is 33.7. The molecule has 4 nitrogen and oxygen atoms in total. The van der Waals surface area contributed by atoms with Gasteiger partial charge in [0, 0.05) is 6.42 Å². The third-order valence-corrected chi connectivity index (χ3v) is 10.8. The number of Topliss-reactive ketones (excluding diaryl/α,β-unsaturated/α-hetero) is 1. The number of hydrogen-bond donors (Lipinski definition) is 0. The van der Waals surface area contributed by atoms with Crippen LogP contribution in [0.5, 0.6) is 0 Å². The second-order valence-corrected chi connectivity index (χ2v) is 14.2. The van der Waals surface area contributed by atoms with Crippen LogP contribution in [-0.2, 0) is 18.8 Å². The molecule has 0 aromatic carbocycles. The molecule has 2 aliphatic rings. The van der Waals surface area contributed by atoms with E-state index >= 15 is 0 Å². The van der Waals surface area contributed by atoms with Gasteiger partial charge in [0.2, 0.25) is 0 Å². The van der Waals surface area contributed by atoms with Crippen molar-refractivity contribution in [1.82, 2.24) is 0 Å². The summed E-state index contributed by atoms with van der Waals surface area (Å²) in [5.41, 5.74) is -0.0160. The average molecular weight is 341 g/mol. The molecule has 5 heteroatoms. The molecule has 2 saturated carbocycles. The van der Waals surface area contributed by atoms with Gasteiger partial charge in [0.05, 0.1) is 13.2 Å². The molecule has 1 unspecified atom stereocenters. The predicted molar refractivity (Wildman–Crippen MR) is 92.6 cm³/mol. The highest BCUT2D eigenvalue weighted by molar-refractivity contribution is 6.74. The number of carbonyl (C=O) groups excluding carboxylic acids is 2. The van der Waals surface area contributed by atoms with Crippen molar-refractivity contribution in [3.63, 3.8) is 0 Å². The predicted octanol–water partition coefficient (Wildman–Crippen LogP) is 3.80. The van der Waals surface area contributed by atoms with Crippen LogP contribution < -0.4 is 0 Å². The topological polar surface area (TPSA) is 52.6 Å². The quantitative estimate of drug-likeness (QED) is 0.445. The van der Waals surface area contributed by atoms with Crippen molar-refractivity contribution in [3.05, 3.63) is 0 Å². The van der Waals surface area contributed by atoms with Crippen LogP contribution in [0.15, 0.2) is 0 Å². The summed E-state index contributed by atoms with van der Waals surface area (Å²) in [6.07, 6.45) is 1.35. The van der Waals surface area contributed by atoms with Crippen LogP contribution >= 0.6 is 0 Å². The number of ketones is 1. The first-order valence-electron chi connectivity index (χ1n) is 8.60. The monoisotopic (exact) mass is 340 g/mol. The molecule has 2 fully saturated rings. The average Bonchev–Trinajstić information content (AvgIpc) is 2.80. The standard InChI is InChI=1S/C18H32O4Si/c1-17(2,3)23(7,8)22-15-11-9-13(19)14(16(20)21-6)12(11)10-18(15,4)5/h11-12,14-15H,9-10H2,1-8H3/t11-,12-,14?,15+/m1/s1. The molecule has 0 saturated heterocycles. The summed E-state index contributed by atoms with van der Waals surface area (Å²) in [6.45, 7) is 15.6. The molecule has 0 aromatic heterocycles. The maximum atomic E-state index is 12.4. The Balaban J connectivity index is 2.29. The van der Waals surface area contributed by atoms with Crippen molar-refractivity contribution in [2.75, 3.05) is 7.11 Å². The van der Waals surface area contributed by atoms with Crippen molar-refractivity contribution in [1.29, 1.82) is 0 Å². The molecule has 0 heterocycles. The molecule has 2 rings (SSSR count). The number of carbonyl (C=O) groups is 2. The summed E-state index contributed by atoms with van der Waals surface area (Å²) in [6, 6.07) is 0. The molecule has 0 spiro atoms. The minimum absolute atomic E-state index is 0.0160. The number of esters is 1. The maximum Gasteiger partial charge on any atom is 0.316 e. The summed E-state index contributed by atoms with van der Waals surface area (Å²) in [7, 11) is -0.558. The van der Waals surface area contributed by atoms with E-state index in [-0.39, 0.29) is 40.1 Å². The molecule has 0 aliphatic heterocycles. The van der Waals surface area contributed by atoms with Crippen LogP contribution in [0, 0.1) is 23.2 Å². The molecule has 0 N–H and O–H groups in total. The first-order valence-corrected chi connectivity index (χ1v) is 11.5. The van der Waals surface area contributed by atoms with Crippen LogP contribution in [0.3, 0.4) is 0 Å². The van der Waals surface area contributed by atoms with Gasteiger partial charge in [-0.25, -0.2) is 0 Å². The van der Waals surface area contributed by atoms with Crippen LogP contribution in [0.25, 0.3) is 0 Å². The summed E-state index contributed by atoms with van der Waals surface area (Å²) in [5.74, 6) is -0.704. The molecule has 0 radical (unpaired) electrons. The van der Waals surface area contributed by atoms with Crippen molar-refractivity contribution < 1.29 is 18.8 Å². The molecule has 23 heavy (non-hydrogen) atoms. The molecular weight excluding hydrogens is 308 g/mol. The van der Waals surface area contributed by atoms with Crippen molar-refractivity contribution in [2.45, 2.75) is 71.7 Å². The summed E-state index contributed by atoms with van der Waals surface area (Å²) >= 11 is 0. The Morgan fingerprint density at radius 3 is 2.26 bits per heavy atom. The van der Waals surface area contributed by atoms with Gasteiger partial charge in [0.1, 0.15) is 11.7 Å². The molecule has 2 aliphatic carbocycles. The highest BCUT2D eigenvalue weighted by atomic mass is 28.4. The third kappa shape index (κ3) is 3.14. The Labute approximate surface area is 141 Å². The number of hydrogen-bond acceptors (Lipinski definition) is 4. The minimum Gasteiger partial charge on any atom is -0.468 e. The molecule has 132 valence electrons. The van der Waals surface area contributed by atoms with Gasteiger partial charge >= 0.3 is 5.97 Å². The number of fused-ring (bicyclic) bond motifs is 1. The fourth-order valence-electron chi connectivity index (χ4n) is 4.07. The molecular formula is C18H32O4Si. The lowest BCUT2D eigenvalue weighted by atomic mass is 9.84. The maximum absolute atomic E-state index is 12.4. The molecule has 0 aromatic rings. The van der Waals surface area contributed by atoms with Crippen LogP contribution in [-0.4, -0.2) is 33.3 Å². The van der Waals surface area contributed by atoms with E-state index in [9.17, 15) is 9.59 Å². The smallest absolute Gasteiger partial charge is 0.316 e. The summed E-state index contributed by atoms with van der Waals surface area (Å²) in [4.78, 5) is 24.4. The van der Waals surface area contributed by atoms with E-state index in [4.69, 9.17) is 9.16 Å². The first kappa shape index (κ1) is 18.7. The Hall–Kier alpha value is -0.683. The van der Waals surface area contributed by atoms with Gasteiger partial charge in [-0.15, -0.1) is 0 Å². The fraction of sp³-hybridized carbons (Fsp3) is 0.889. The van der Waals surface area contributed by atoms with Crippen molar-refractivity contribution in [3.8, 4) is 0 Å². The van der Waals surface area contributed by atoms with Gasteiger partial charge in [0.25, 0.3) is 0 Å². The highest BCUT2D eigenvalue weighted by Crippen LogP contribution is 2.57. The van der Waals surface area contributed by atoms with Crippen molar-refractivity contribution >= 4 is 20.1 Å². The number of rotatable bonds is 3. The molecule has 0 bridgehead atoms. The van der Waals surface area contributed by atoms with Gasteiger partial charge in [-0.2, -0.15) is 0 Å².